The van der Waals surface area contributed by atoms with Crippen molar-refractivity contribution in [3.8, 4) is 0 Å². The Hall–Kier alpha value is -1.95. The van der Waals surface area contributed by atoms with Gasteiger partial charge < -0.3 is 9.67 Å². The third-order valence-corrected chi connectivity index (χ3v) is 5.18. The highest BCUT2D eigenvalue weighted by Crippen LogP contribution is 2.31. The summed E-state index contributed by atoms with van der Waals surface area (Å²) in [5.41, 5.74) is 4.66. The van der Waals surface area contributed by atoms with Gasteiger partial charge in [-0.1, -0.05) is 28.6 Å². The fourth-order valence-corrected chi connectivity index (χ4v) is 3.98. The fraction of sp³-hybridized carbons (Fsp3) is 0.318. The van der Waals surface area contributed by atoms with Gasteiger partial charge in [0, 0.05) is 59.0 Å². The molecule has 0 aliphatic heterocycles. The summed E-state index contributed by atoms with van der Waals surface area (Å²) < 4.78 is 3.39. The lowest BCUT2D eigenvalue weighted by Crippen LogP contribution is -2.27. The van der Waals surface area contributed by atoms with Crippen LogP contribution >= 0.6 is 15.9 Å². The molecule has 2 aromatic heterocycles. The normalized spacial score (nSPS) is 12.6. The van der Waals surface area contributed by atoms with Gasteiger partial charge in [-0.3, -0.25) is 9.88 Å². The van der Waals surface area contributed by atoms with E-state index in [0.29, 0.717) is 6.54 Å². The van der Waals surface area contributed by atoms with Crippen LogP contribution in [0.3, 0.4) is 0 Å². The molecule has 1 atom stereocenters. The zero-order valence-corrected chi connectivity index (χ0v) is 17.5. The predicted octanol–water partition coefficient (Wildman–Crippen LogP) is 4.50. The molecule has 0 fully saturated rings. The molecule has 0 saturated carbocycles. The number of pyridine rings is 1. The molecule has 3 aromatic rings. The minimum atomic E-state index is -0.355. The molecule has 0 amide bonds. The van der Waals surface area contributed by atoms with Crippen molar-refractivity contribution in [3.63, 3.8) is 0 Å². The quantitative estimate of drug-likeness (QED) is 0.575. The molecule has 5 heteroatoms. The number of hydrogen-bond acceptors (Lipinski definition) is 3. The number of halogens is 1. The third kappa shape index (κ3) is 4.67. The Labute approximate surface area is 169 Å². The largest absolute Gasteiger partial charge is 0.392 e. The summed E-state index contributed by atoms with van der Waals surface area (Å²) in [6, 6.07) is 12.4. The van der Waals surface area contributed by atoms with Crippen molar-refractivity contribution in [1.82, 2.24) is 14.5 Å². The Bertz CT molecular complexity index is 918. The van der Waals surface area contributed by atoms with Gasteiger partial charge in [-0.15, -0.1) is 0 Å². The van der Waals surface area contributed by atoms with Gasteiger partial charge in [-0.2, -0.15) is 0 Å². The second-order valence-electron chi connectivity index (χ2n) is 7.00. The van der Waals surface area contributed by atoms with Crippen molar-refractivity contribution in [2.75, 3.05) is 13.6 Å². The van der Waals surface area contributed by atoms with Gasteiger partial charge in [0.2, 0.25) is 0 Å². The van der Waals surface area contributed by atoms with Crippen molar-refractivity contribution in [3.05, 3.63) is 70.6 Å². The second kappa shape index (κ2) is 8.83. The smallest absolute Gasteiger partial charge is 0.0639 e. The topological polar surface area (TPSA) is 41.3 Å². The van der Waals surface area contributed by atoms with E-state index in [2.05, 4.69) is 61.2 Å². The summed E-state index contributed by atoms with van der Waals surface area (Å²) in [5, 5.41) is 10.9. The van der Waals surface area contributed by atoms with Crippen LogP contribution in [0.25, 0.3) is 17.0 Å². The molecular weight excluding hydrogens is 402 g/mol. The molecule has 0 aliphatic rings. The van der Waals surface area contributed by atoms with Crippen LogP contribution < -0.4 is 0 Å². The minimum absolute atomic E-state index is 0.355. The summed E-state index contributed by atoms with van der Waals surface area (Å²) >= 11 is 3.61. The number of aliphatic hydroxyl groups is 1. The minimum Gasteiger partial charge on any atom is -0.392 e. The summed E-state index contributed by atoms with van der Waals surface area (Å²) in [6.07, 6.45) is 4.29. The molecule has 2 heterocycles. The van der Waals surface area contributed by atoms with Crippen LogP contribution in [-0.2, 0) is 19.5 Å². The molecule has 0 aliphatic carbocycles. The summed E-state index contributed by atoms with van der Waals surface area (Å²) in [4.78, 5) is 6.60. The third-order valence-electron chi connectivity index (χ3n) is 4.69. The summed E-state index contributed by atoms with van der Waals surface area (Å²) in [7, 11) is 2.04. The number of nitrogens with zero attached hydrogens (tertiary/aromatic N) is 3. The van der Waals surface area contributed by atoms with Gasteiger partial charge in [-0.25, -0.2) is 0 Å². The first-order chi connectivity index (χ1) is 13.0. The van der Waals surface area contributed by atoms with E-state index in [4.69, 9.17) is 0 Å². The van der Waals surface area contributed by atoms with Crippen molar-refractivity contribution in [1.29, 1.82) is 0 Å². The lowest BCUT2D eigenvalue weighted by molar-refractivity contribution is 0.138. The van der Waals surface area contributed by atoms with Gasteiger partial charge in [0.15, 0.2) is 0 Å². The standard InChI is InChI=1S/C22H26BrN3O/c1-4-21-20(15-25(3)14-16(2)27)19-13-17(23)8-9-22(19)26(21)12-10-18-7-5-6-11-24-18/h4-9,11,13,16,27H,1,10,12,14-15H2,2-3H3/t16-/m0/s1. The highest BCUT2D eigenvalue weighted by atomic mass is 79.9. The number of hydrogen-bond donors (Lipinski definition) is 1. The fourth-order valence-electron chi connectivity index (χ4n) is 3.61. The van der Waals surface area contributed by atoms with Crippen LogP contribution in [0.1, 0.15) is 23.9 Å². The van der Waals surface area contributed by atoms with E-state index in [0.717, 1.165) is 35.4 Å². The lowest BCUT2D eigenvalue weighted by Gasteiger charge is -2.19. The number of aliphatic hydroxyl groups excluding tert-OH is 1. The Balaban J connectivity index is 2.00. The molecule has 0 saturated heterocycles. The summed E-state index contributed by atoms with van der Waals surface area (Å²) in [6.45, 7) is 8.13. The SMILES string of the molecule is C=Cc1c(CN(C)C[C@H](C)O)c2cc(Br)ccc2n1CCc1ccccn1. The average Bonchev–Trinajstić information content (AvgIpc) is 2.92. The van der Waals surface area contributed by atoms with E-state index in [-0.39, 0.29) is 6.10 Å². The molecular formula is C22H26BrN3O. The first-order valence-electron chi connectivity index (χ1n) is 9.19. The predicted molar refractivity (Wildman–Crippen MR) is 116 cm³/mol. The number of aryl methyl sites for hydroxylation is 2. The van der Waals surface area contributed by atoms with Crippen LogP contribution in [0.5, 0.6) is 0 Å². The molecule has 0 bridgehead atoms. The molecule has 142 valence electrons. The number of rotatable bonds is 8. The number of likely N-dealkylation sites (N-methyl/N-ethyl adjacent to an activating group) is 1. The van der Waals surface area contributed by atoms with E-state index in [9.17, 15) is 5.11 Å². The first-order valence-corrected chi connectivity index (χ1v) is 9.98. The van der Waals surface area contributed by atoms with Gasteiger partial charge in [0.1, 0.15) is 0 Å². The number of benzene rings is 1. The highest BCUT2D eigenvalue weighted by molar-refractivity contribution is 9.10. The molecule has 0 radical (unpaired) electrons. The second-order valence-corrected chi connectivity index (χ2v) is 7.91. The maximum Gasteiger partial charge on any atom is 0.0639 e. The summed E-state index contributed by atoms with van der Waals surface area (Å²) in [5.74, 6) is 0. The van der Waals surface area contributed by atoms with Crippen LogP contribution in [-0.4, -0.2) is 39.3 Å². The van der Waals surface area contributed by atoms with E-state index in [1.54, 1.807) is 0 Å². The van der Waals surface area contributed by atoms with Gasteiger partial charge >= 0.3 is 0 Å². The molecule has 1 aromatic carbocycles. The van der Waals surface area contributed by atoms with Crippen molar-refractivity contribution < 1.29 is 5.11 Å². The van der Waals surface area contributed by atoms with Gasteiger partial charge in [0.25, 0.3) is 0 Å². The van der Waals surface area contributed by atoms with E-state index in [1.165, 1.54) is 16.5 Å². The van der Waals surface area contributed by atoms with Crippen LogP contribution in [0.4, 0.5) is 0 Å². The van der Waals surface area contributed by atoms with Gasteiger partial charge in [-0.05, 0) is 55.9 Å². The van der Waals surface area contributed by atoms with Crippen molar-refractivity contribution >= 4 is 32.9 Å². The molecule has 4 nitrogen and oxygen atoms in total. The highest BCUT2D eigenvalue weighted by Gasteiger charge is 2.17. The van der Waals surface area contributed by atoms with Gasteiger partial charge in [0.05, 0.1) is 6.10 Å². The van der Waals surface area contributed by atoms with Crippen LogP contribution in [0, 0.1) is 0 Å². The number of aromatic nitrogens is 2. The Morgan fingerprint density at radius 2 is 2.15 bits per heavy atom. The maximum absolute atomic E-state index is 9.72. The molecule has 1 N–H and O–H groups in total. The zero-order valence-electron chi connectivity index (χ0n) is 15.9. The first kappa shape index (κ1) is 19.8. The van der Waals surface area contributed by atoms with Crippen molar-refractivity contribution in [2.45, 2.75) is 32.5 Å². The molecule has 0 unspecified atom stereocenters. The molecule has 0 spiro atoms. The van der Waals surface area contributed by atoms with Crippen LogP contribution in [0.15, 0.2) is 53.6 Å². The molecule has 27 heavy (non-hydrogen) atoms. The Kier molecular flexibility index (Phi) is 6.47. The maximum atomic E-state index is 9.72. The van der Waals surface area contributed by atoms with Crippen molar-refractivity contribution in [2.24, 2.45) is 0 Å². The van der Waals surface area contributed by atoms with E-state index in [1.807, 2.05) is 38.4 Å². The average molecular weight is 428 g/mol. The van der Waals surface area contributed by atoms with Crippen LogP contribution in [0.2, 0.25) is 0 Å². The Morgan fingerprint density at radius 3 is 2.81 bits per heavy atom. The van der Waals surface area contributed by atoms with E-state index >= 15 is 0 Å². The monoisotopic (exact) mass is 427 g/mol. The van der Waals surface area contributed by atoms with E-state index < -0.39 is 0 Å². The number of fused-ring (bicyclic) bond motifs is 1. The molecule has 3 rings (SSSR count). The lowest BCUT2D eigenvalue weighted by atomic mass is 10.1. The Morgan fingerprint density at radius 1 is 1.33 bits per heavy atom. The zero-order chi connectivity index (χ0) is 19.4.